The first-order chi connectivity index (χ1) is 13.6. The van der Waals surface area contributed by atoms with E-state index >= 15 is 0 Å². The molecular formula is C20H22F4N4O. The van der Waals surface area contributed by atoms with Crippen molar-refractivity contribution in [3.8, 4) is 0 Å². The molecule has 0 radical (unpaired) electrons. The van der Waals surface area contributed by atoms with Crippen LogP contribution in [-0.2, 0) is 19.1 Å². The van der Waals surface area contributed by atoms with Gasteiger partial charge in [0.25, 0.3) is 0 Å². The van der Waals surface area contributed by atoms with Crippen LogP contribution in [0.1, 0.15) is 18.1 Å². The molecule has 1 unspecified atom stereocenters. The molecule has 0 saturated heterocycles. The van der Waals surface area contributed by atoms with Gasteiger partial charge in [0, 0.05) is 17.8 Å². The lowest BCUT2D eigenvalue weighted by molar-refractivity contribution is -0.137. The summed E-state index contributed by atoms with van der Waals surface area (Å²) in [7, 11) is 3.48. The number of aryl methyl sites for hydroxylation is 1. The van der Waals surface area contributed by atoms with Gasteiger partial charge in [-0.25, -0.2) is 9.37 Å². The molecule has 3 aromatic rings. The van der Waals surface area contributed by atoms with Crippen LogP contribution in [0, 0.1) is 5.82 Å². The number of halogens is 4. The molecular weight excluding hydrogens is 388 g/mol. The molecule has 0 spiro atoms. The van der Waals surface area contributed by atoms with Crippen molar-refractivity contribution in [2.75, 3.05) is 19.4 Å². The fourth-order valence-electron chi connectivity index (χ4n) is 3.15. The van der Waals surface area contributed by atoms with E-state index in [0.29, 0.717) is 17.0 Å². The monoisotopic (exact) mass is 410 g/mol. The number of rotatable bonds is 6. The highest BCUT2D eigenvalue weighted by Gasteiger charge is 2.35. The minimum atomic E-state index is -4.72. The van der Waals surface area contributed by atoms with Crippen LogP contribution in [0.25, 0.3) is 10.9 Å². The molecule has 9 heteroatoms. The topological polar surface area (TPSA) is 53.3 Å². The number of aliphatic hydroxyl groups excluding tert-OH is 1. The zero-order valence-corrected chi connectivity index (χ0v) is 16.3. The first-order valence-electron chi connectivity index (χ1n) is 9.06. The van der Waals surface area contributed by atoms with Crippen molar-refractivity contribution in [2.45, 2.75) is 32.3 Å². The normalized spacial score (nSPS) is 13.3. The van der Waals surface area contributed by atoms with Gasteiger partial charge in [-0.3, -0.25) is 4.90 Å². The third kappa shape index (κ3) is 4.35. The van der Waals surface area contributed by atoms with Crippen molar-refractivity contribution in [1.82, 2.24) is 14.5 Å². The number of nitrogens with zero attached hydrogens (tertiary/aromatic N) is 3. The molecule has 0 aliphatic carbocycles. The summed E-state index contributed by atoms with van der Waals surface area (Å²) in [4.78, 5) is 5.84. The van der Waals surface area contributed by atoms with Gasteiger partial charge in [0.2, 0.25) is 0 Å². The number of pyridine rings is 1. The van der Waals surface area contributed by atoms with Crippen LogP contribution in [0.4, 0.5) is 29.1 Å². The summed E-state index contributed by atoms with van der Waals surface area (Å²) < 4.78 is 56.1. The van der Waals surface area contributed by atoms with E-state index in [0.717, 1.165) is 6.07 Å². The summed E-state index contributed by atoms with van der Waals surface area (Å²) in [5.74, 6) is -0.706. The van der Waals surface area contributed by atoms with Gasteiger partial charge in [0.1, 0.15) is 17.9 Å². The van der Waals surface area contributed by atoms with Crippen LogP contribution < -0.4 is 5.32 Å². The second kappa shape index (κ2) is 8.00. The second-order valence-corrected chi connectivity index (χ2v) is 6.97. The lowest BCUT2D eigenvalue weighted by Crippen LogP contribution is -2.31. The average molecular weight is 410 g/mol. The standard InChI is InChI=1S/C20H22F4N4O/c1-4-12-9-13(21)10-15(20(22,23)24)18(12)26-19-14-6-8-28(11-17(29)27(2)3)16(14)5-7-25-19/h5-10,17,29H,4,11H2,1-3H3,(H,25,26). The second-order valence-electron chi connectivity index (χ2n) is 6.97. The van der Waals surface area contributed by atoms with E-state index in [2.05, 4.69) is 10.3 Å². The van der Waals surface area contributed by atoms with Gasteiger partial charge in [0.15, 0.2) is 0 Å². The van der Waals surface area contributed by atoms with Gasteiger partial charge in [-0.15, -0.1) is 0 Å². The Bertz CT molecular complexity index is 1010. The molecule has 29 heavy (non-hydrogen) atoms. The summed E-state index contributed by atoms with van der Waals surface area (Å²) in [6, 6.07) is 5.02. The molecule has 2 N–H and O–H groups in total. The van der Waals surface area contributed by atoms with Gasteiger partial charge in [-0.2, -0.15) is 13.2 Å². The number of aromatic nitrogens is 2. The van der Waals surface area contributed by atoms with Crippen LogP contribution in [0.3, 0.4) is 0 Å². The molecule has 0 amide bonds. The number of aliphatic hydroxyl groups is 1. The molecule has 1 atom stereocenters. The number of benzene rings is 1. The van der Waals surface area contributed by atoms with Gasteiger partial charge in [-0.05, 0) is 50.3 Å². The van der Waals surface area contributed by atoms with Crippen LogP contribution in [-0.4, -0.2) is 39.9 Å². The predicted molar refractivity (Wildman–Crippen MR) is 103 cm³/mol. The van der Waals surface area contributed by atoms with Crippen molar-refractivity contribution in [2.24, 2.45) is 0 Å². The van der Waals surface area contributed by atoms with Crippen molar-refractivity contribution in [1.29, 1.82) is 0 Å². The third-order valence-electron chi connectivity index (χ3n) is 4.77. The lowest BCUT2D eigenvalue weighted by atomic mass is 10.0. The molecule has 0 bridgehead atoms. The van der Waals surface area contributed by atoms with E-state index in [4.69, 9.17) is 0 Å². The fourth-order valence-corrected chi connectivity index (χ4v) is 3.15. The lowest BCUT2D eigenvalue weighted by Gasteiger charge is -2.20. The van der Waals surface area contributed by atoms with Gasteiger partial charge in [0.05, 0.1) is 23.3 Å². The summed E-state index contributed by atoms with van der Waals surface area (Å²) in [5.41, 5.74) is -0.367. The Morgan fingerprint density at radius 1 is 1.24 bits per heavy atom. The molecule has 2 heterocycles. The Balaban J connectivity index is 2.07. The fraction of sp³-hybridized carbons (Fsp3) is 0.350. The average Bonchev–Trinajstić information content (AvgIpc) is 3.05. The smallest absolute Gasteiger partial charge is 0.376 e. The van der Waals surface area contributed by atoms with Crippen LogP contribution >= 0.6 is 0 Å². The van der Waals surface area contributed by atoms with E-state index in [1.165, 1.54) is 6.20 Å². The van der Waals surface area contributed by atoms with E-state index < -0.39 is 23.8 Å². The number of fused-ring (bicyclic) bond motifs is 1. The van der Waals surface area contributed by atoms with Crippen LogP contribution in [0.2, 0.25) is 0 Å². The maximum absolute atomic E-state index is 13.7. The number of alkyl halides is 3. The maximum atomic E-state index is 13.7. The SMILES string of the molecule is CCc1cc(F)cc(C(F)(F)F)c1Nc1nccc2c1ccn2CC(O)N(C)C. The highest BCUT2D eigenvalue weighted by Crippen LogP contribution is 2.39. The molecule has 0 aliphatic rings. The largest absolute Gasteiger partial charge is 0.418 e. The molecule has 156 valence electrons. The van der Waals surface area contributed by atoms with Gasteiger partial charge >= 0.3 is 6.18 Å². The highest BCUT2D eigenvalue weighted by atomic mass is 19.4. The molecule has 0 aliphatic heterocycles. The number of hydrogen-bond donors (Lipinski definition) is 2. The number of nitrogens with one attached hydrogen (secondary N) is 1. The molecule has 0 fully saturated rings. The predicted octanol–water partition coefficient (Wildman–Crippen LogP) is 4.38. The molecule has 2 aromatic heterocycles. The van der Waals surface area contributed by atoms with E-state index in [9.17, 15) is 22.7 Å². The summed E-state index contributed by atoms with van der Waals surface area (Å²) in [6.45, 7) is 1.94. The zero-order chi connectivity index (χ0) is 21.3. The highest BCUT2D eigenvalue weighted by molar-refractivity contribution is 5.92. The molecule has 1 aromatic carbocycles. The van der Waals surface area contributed by atoms with E-state index in [1.54, 1.807) is 48.8 Å². The zero-order valence-electron chi connectivity index (χ0n) is 16.3. The molecule has 5 nitrogen and oxygen atoms in total. The quantitative estimate of drug-likeness (QED) is 0.468. The van der Waals surface area contributed by atoms with Gasteiger partial charge in [-0.1, -0.05) is 6.92 Å². The van der Waals surface area contributed by atoms with Crippen LogP contribution in [0.15, 0.2) is 36.7 Å². The number of anilines is 2. The summed E-state index contributed by atoms with van der Waals surface area (Å²) in [6.07, 6.45) is -2.01. The molecule has 0 saturated carbocycles. The molecule has 3 rings (SSSR count). The Morgan fingerprint density at radius 2 is 1.97 bits per heavy atom. The van der Waals surface area contributed by atoms with Crippen molar-refractivity contribution < 1.29 is 22.7 Å². The Morgan fingerprint density at radius 3 is 2.59 bits per heavy atom. The van der Waals surface area contributed by atoms with Crippen LogP contribution in [0.5, 0.6) is 0 Å². The Kier molecular flexibility index (Phi) is 5.81. The first kappa shape index (κ1) is 21.1. The van der Waals surface area contributed by atoms with Crippen molar-refractivity contribution in [3.05, 3.63) is 53.6 Å². The third-order valence-corrected chi connectivity index (χ3v) is 4.77. The maximum Gasteiger partial charge on any atom is 0.418 e. The first-order valence-corrected chi connectivity index (χ1v) is 9.06. The summed E-state index contributed by atoms with van der Waals surface area (Å²) >= 11 is 0. The van der Waals surface area contributed by atoms with E-state index in [1.807, 2.05) is 0 Å². The Labute approximate surface area is 165 Å². The van der Waals surface area contributed by atoms with E-state index in [-0.39, 0.29) is 30.0 Å². The summed E-state index contributed by atoms with van der Waals surface area (Å²) in [5, 5.41) is 13.5. The number of likely N-dealkylation sites (N-methyl/N-ethyl adjacent to an activating group) is 1. The minimum Gasteiger partial charge on any atom is -0.376 e. The van der Waals surface area contributed by atoms with Crippen molar-refractivity contribution in [3.63, 3.8) is 0 Å². The number of hydrogen-bond acceptors (Lipinski definition) is 4. The van der Waals surface area contributed by atoms with Gasteiger partial charge < -0.3 is 15.0 Å². The Hall–Kier alpha value is -2.65. The minimum absolute atomic E-state index is 0.206. The van der Waals surface area contributed by atoms with Crippen molar-refractivity contribution >= 4 is 22.4 Å².